The van der Waals surface area contributed by atoms with E-state index in [4.69, 9.17) is 4.74 Å². The molecule has 0 aliphatic carbocycles. The first-order valence-corrected chi connectivity index (χ1v) is 9.99. The number of hydrogen-bond donors (Lipinski definition) is 1. The lowest BCUT2D eigenvalue weighted by atomic mass is 10.2. The van der Waals surface area contributed by atoms with Crippen molar-refractivity contribution in [3.63, 3.8) is 0 Å². The normalized spacial score (nSPS) is 10.6. The fraction of sp³-hybridized carbons (Fsp3) is 0.471. The van der Waals surface area contributed by atoms with Crippen molar-refractivity contribution in [2.45, 2.75) is 44.4 Å². The first-order chi connectivity index (χ1) is 11.7. The molecule has 0 radical (unpaired) electrons. The Labute approximate surface area is 151 Å². The highest BCUT2D eigenvalue weighted by Gasteiger charge is 2.09. The first kappa shape index (κ1) is 18.7. The van der Waals surface area contributed by atoms with E-state index in [0.717, 1.165) is 28.5 Å². The minimum atomic E-state index is -0.0647. The molecule has 0 saturated carbocycles. The Hall–Kier alpha value is -1.60. The molecule has 0 fully saturated rings. The molecule has 7 heteroatoms. The summed E-state index contributed by atoms with van der Waals surface area (Å²) in [6.45, 7) is 4.78. The number of ether oxygens (including phenoxy) is 1. The fourth-order valence-electron chi connectivity index (χ4n) is 2.03. The van der Waals surface area contributed by atoms with Gasteiger partial charge in [-0.1, -0.05) is 31.1 Å². The van der Waals surface area contributed by atoms with Crippen LogP contribution in [-0.2, 0) is 11.2 Å². The number of nitrogens with zero attached hydrogens (tertiary/aromatic N) is 2. The van der Waals surface area contributed by atoms with Crippen molar-refractivity contribution in [1.29, 1.82) is 0 Å². The number of nitrogens with one attached hydrogen (secondary N) is 1. The summed E-state index contributed by atoms with van der Waals surface area (Å²) in [7, 11) is 0. The number of anilines is 1. The van der Waals surface area contributed by atoms with E-state index in [1.165, 1.54) is 35.9 Å². The monoisotopic (exact) mass is 365 g/mol. The third-order valence-electron chi connectivity index (χ3n) is 3.21. The molecule has 5 nitrogen and oxygen atoms in total. The number of thioether (sulfide) groups is 1. The molecule has 0 saturated heterocycles. The minimum Gasteiger partial charge on any atom is -0.494 e. The summed E-state index contributed by atoms with van der Waals surface area (Å²) >= 11 is 2.95. The van der Waals surface area contributed by atoms with Crippen molar-refractivity contribution in [1.82, 2.24) is 10.2 Å². The lowest BCUT2D eigenvalue weighted by Crippen LogP contribution is -2.13. The fourth-order valence-corrected chi connectivity index (χ4v) is 3.53. The Kier molecular flexibility index (Phi) is 8.04. The zero-order chi connectivity index (χ0) is 17.2. The van der Waals surface area contributed by atoms with Gasteiger partial charge in [0.05, 0.1) is 12.4 Å². The van der Waals surface area contributed by atoms with Crippen molar-refractivity contribution < 1.29 is 9.53 Å². The molecule has 24 heavy (non-hydrogen) atoms. The summed E-state index contributed by atoms with van der Waals surface area (Å²) in [5.41, 5.74) is 0. The summed E-state index contributed by atoms with van der Waals surface area (Å²) < 4.78 is 5.40. The SMILES string of the molecule is CCCCCc1nnc(NC(=O)CSc2ccc(OCC)cc2)s1. The summed E-state index contributed by atoms with van der Waals surface area (Å²) in [6.07, 6.45) is 4.43. The van der Waals surface area contributed by atoms with Gasteiger partial charge in [0, 0.05) is 11.3 Å². The molecule has 130 valence electrons. The lowest BCUT2D eigenvalue weighted by Gasteiger charge is -2.04. The van der Waals surface area contributed by atoms with E-state index in [1.807, 2.05) is 31.2 Å². The molecule has 0 aliphatic rings. The maximum absolute atomic E-state index is 12.0. The summed E-state index contributed by atoms with van der Waals surface area (Å²) in [5, 5.41) is 12.5. The smallest absolute Gasteiger partial charge is 0.236 e. The third-order valence-corrected chi connectivity index (χ3v) is 5.12. The Morgan fingerprint density at radius 1 is 1.21 bits per heavy atom. The van der Waals surface area contributed by atoms with Crippen LogP contribution >= 0.6 is 23.1 Å². The summed E-state index contributed by atoms with van der Waals surface area (Å²) in [5.74, 6) is 1.12. The molecular weight excluding hydrogens is 342 g/mol. The van der Waals surface area contributed by atoms with Crippen molar-refractivity contribution in [3.8, 4) is 5.75 Å². The van der Waals surface area contributed by atoms with E-state index < -0.39 is 0 Å². The predicted molar refractivity (Wildman–Crippen MR) is 100 cm³/mol. The molecule has 0 spiro atoms. The van der Waals surface area contributed by atoms with Crippen molar-refractivity contribution in [3.05, 3.63) is 29.3 Å². The Morgan fingerprint density at radius 3 is 2.71 bits per heavy atom. The number of hydrogen-bond acceptors (Lipinski definition) is 6. The average molecular weight is 366 g/mol. The van der Waals surface area contributed by atoms with Crippen LogP contribution in [0.5, 0.6) is 5.75 Å². The van der Waals surface area contributed by atoms with Crippen LogP contribution in [0.4, 0.5) is 5.13 Å². The maximum Gasteiger partial charge on any atom is 0.236 e. The second-order valence-corrected chi connectivity index (χ2v) is 7.31. The quantitative estimate of drug-likeness (QED) is 0.499. The van der Waals surface area contributed by atoms with Gasteiger partial charge in [0.2, 0.25) is 11.0 Å². The van der Waals surface area contributed by atoms with Crippen molar-refractivity contribution >= 4 is 34.1 Å². The summed E-state index contributed by atoms with van der Waals surface area (Å²) in [4.78, 5) is 13.0. The number of amides is 1. The Bertz CT molecular complexity index is 629. The van der Waals surface area contributed by atoms with Crippen LogP contribution in [0.15, 0.2) is 29.2 Å². The largest absolute Gasteiger partial charge is 0.494 e. The van der Waals surface area contributed by atoms with Gasteiger partial charge in [-0.3, -0.25) is 10.1 Å². The molecule has 1 aromatic heterocycles. The number of aromatic nitrogens is 2. The maximum atomic E-state index is 12.0. The van der Waals surface area contributed by atoms with Crippen LogP contribution in [0.1, 0.15) is 38.1 Å². The van der Waals surface area contributed by atoms with Crippen LogP contribution in [-0.4, -0.2) is 28.5 Å². The van der Waals surface area contributed by atoms with Gasteiger partial charge >= 0.3 is 0 Å². The second-order valence-electron chi connectivity index (χ2n) is 5.20. The molecule has 1 amide bonds. The van der Waals surface area contributed by atoms with Crippen LogP contribution in [0, 0.1) is 0 Å². The second kappa shape index (κ2) is 10.3. The van der Waals surface area contributed by atoms with Crippen LogP contribution in [0.2, 0.25) is 0 Å². The van der Waals surface area contributed by atoms with E-state index in [-0.39, 0.29) is 5.91 Å². The predicted octanol–water partition coefficient (Wildman–Crippen LogP) is 4.40. The van der Waals surface area contributed by atoms with Gasteiger partial charge in [0.15, 0.2) is 0 Å². The highest BCUT2D eigenvalue weighted by Crippen LogP contribution is 2.22. The Balaban J connectivity index is 1.74. The number of unbranched alkanes of at least 4 members (excludes halogenated alkanes) is 2. The third kappa shape index (κ3) is 6.49. The Morgan fingerprint density at radius 2 is 2.00 bits per heavy atom. The van der Waals surface area contributed by atoms with Gasteiger partial charge in [-0.2, -0.15) is 0 Å². The molecule has 0 atom stereocenters. The zero-order valence-electron chi connectivity index (χ0n) is 14.1. The molecule has 0 unspecified atom stereocenters. The van der Waals surface area contributed by atoms with Gasteiger partial charge in [-0.25, -0.2) is 0 Å². The molecule has 1 N–H and O–H groups in total. The summed E-state index contributed by atoms with van der Waals surface area (Å²) in [6, 6.07) is 7.74. The molecule has 0 aliphatic heterocycles. The highest BCUT2D eigenvalue weighted by molar-refractivity contribution is 8.00. The number of benzene rings is 1. The van der Waals surface area contributed by atoms with Gasteiger partial charge in [-0.15, -0.1) is 22.0 Å². The van der Waals surface area contributed by atoms with E-state index in [1.54, 1.807) is 0 Å². The molecule has 0 bridgehead atoms. The molecule has 2 rings (SSSR count). The van der Waals surface area contributed by atoms with E-state index in [2.05, 4.69) is 22.4 Å². The lowest BCUT2D eigenvalue weighted by molar-refractivity contribution is -0.113. The topological polar surface area (TPSA) is 64.1 Å². The van der Waals surface area contributed by atoms with Crippen molar-refractivity contribution in [2.24, 2.45) is 0 Å². The van der Waals surface area contributed by atoms with Crippen LogP contribution < -0.4 is 10.1 Å². The molecule has 1 aromatic carbocycles. The standard InChI is InChI=1S/C17H23N3O2S2/c1-3-5-6-7-16-19-20-17(24-16)18-15(21)12-23-14-10-8-13(9-11-14)22-4-2/h8-11H,3-7,12H2,1-2H3,(H,18,20,21). The van der Waals surface area contributed by atoms with E-state index in [0.29, 0.717) is 17.5 Å². The van der Waals surface area contributed by atoms with E-state index >= 15 is 0 Å². The zero-order valence-corrected chi connectivity index (χ0v) is 15.7. The van der Waals surface area contributed by atoms with E-state index in [9.17, 15) is 4.79 Å². The first-order valence-electron chi connectivity index (χ1n) is 8.19. The van der Waals surface area contributed by atoms with Crippen LogP contribution in [0.25, 0.3) is 0 Å². The number of aryl methyl sites for hydroxylation is 1. The molecule has 2 aromatic rings. The van der Waals surface area contributed by atoms with Gasteiger partial charge < -0.3 is 4.74 Å². The molecular formula is C17H23N3O2S2. The number of carbonyl (C=O) groups is 1. The minimum absolute atomic E-state index is 0.0647. The molecule has 1 heterocycles. The van der Waals surface area contributed by atoms with Crippen LogP contribution in [0.3, 0.4) is 0 Å². The van der Waals surface area contributed by atoms with Gasteiger partial charge in [0.25, 0.3) is 0 Å². The van der Waals surface area contributed by atoms with Gasteiger partial charge in [-0.05, 0) is 37.6 Å². The van der Waals surface area contributed by atoms with Crippen molar-refractivity contribution in [2.75, 3.05) is 17.7 Å². The highest BCUT2D eigenvalue weighted by atomic mass is 32.2. The number of carbonyl (C=O) groups excluding carboxylic acids is 1. The average Bonchev–Trinajstić information content (AvgIpc) is 3.02. The van der Waals surface area contributed by atoms with Gasteiger partial charge in [0.1, 0.15) is 10.8 Å². The number of rotatable bonds is 10.